The molecular weight excluding hydrogens is 330 g/mol. The number of hydrogen-bond donors (Lipinski definition) is 1. The molecule has 0 saturated carbocycles. The Bertz CT molecular complexity index is 919. The predicted octanol–water partition coefficient (Wildman–Crippen LogP) is 3.67. The summed E-state index contributed by atoms with van der Waals surface area (Å²) in [6.07, 6.45) is 1.83. The second kappa shape index (κ2) is 6.09. The number of amides is 1. The number of benzene rings is 2. The van der Waals surface area contributed by atoms with Crippen LogP contribution in [0.4, 0.5) is 0 Å². The molecule has 0 spiro atoms. The lowest BCUT2D eigenvalue weighted by Gasteiger charge is -2.06. The Hall–Kier alpha value is -2.66. The van der Waals surface area contributed by atoms with Crippen molar-refractivity contribution in [1.82, 2.24) is 5.32 Å². The first-order valence-electron chi connectivity index (χ1n) is 7.50. The highest BCUT2D eigenvalue weighted by Crippen LogP contribution is 2.32. The first-order chi connectivity index (χ1) is 11.7. The normalized spacial score (nSPS) is 12.5. The van der Waals surface area contributed by atoms with Gasteiger partial charge in [0.05, 0.1) is 12.7 Å². The van der Waals surface area contributed by atoms with Crippen LogP contribution >= 0.6 is 11.6 Å². The second-order valence-electron chi connectivity index (χ2n) is 5.54. The molecule has 0 aliphatic carbocycles. The lowest BCUT2D eigenvalue weighted by molar-refractivity contribution is -0.120. The van der Waals surface area contributed by atoms with Gasteiger partial charge in [-0.3, -0.25) is 4.79 Å². The Kier molecular flexibility index (Phi) is 3.78. The topological polar surface area (TPSA) is 60.7 Å². The predicted molar refractivity (Wildman–Crippen MR) is 89.3 cm³/mol. The molecule has 0 fully saturated rings. The summed E-state index contributed by atoms with van der Waals surface area (Å²) < 4.78 is 16.0. The number of carbonyl (C=O) groups excluding carboxylic acids is 1. The highest BCUT2D eigenvalue weighted by molar-refractivity contribution is 6.31. The van der Waals surface area contributed by atoms with E-state index < -0.39 is 0 Å². The van der Waals surface area contributed by atoms with Gasteiger partial charge in [-0.05, 0) is 35.9 Å². The molecule has 0 bridgehead atoms. The van der Waals surface area contributed by atoms with Crippen molar-refractivity contribution in [2.75, 3.05) is 6.79 Å². The molecule has 122 valence electrons. The van der Waals surface area contributed by atoms with Gasteiger partial charge in [-0.15, -0.1) is 0 Å². The molecule has 1 aromatic heterocycles. The number of nitrogens with one attached hydrogen (secondary N) is 1. The summed E-state index contributed by atoms with van der Waals surface area (Å²) in [6.45, 7) is 0.660. The van der Waals surface area contributed by atoms with Gasteiger partial charge in [-0.1, -0.05) is 17.7 Å². The molecular formula is C18H14ClNO4. The number of hydrogen-bond acceptors (Lipinski definition) is 4. The fourth-order valence-corrected chi connectivity index (χ4v) is 2.85. The zero-order chi connectivity index (χ0) is 16.5. The average molecular weight is 344 g/mol. The van der Waals surface area contributed by atoms with Crippen LogP contribution in [0.2, 0.25) is 5.02 Å². The van der Waals surface area contributed by atoms with E-state index in [1.807, 2.05) is 18.2 Å². The monoisotopic (exact) mass is 343 g/mol. The number of furan rings is 1. The Balaban J connectivity index is 1.42. The number of ether oxygens (including phenoxy) is 2. The second-order valence-corrected chi connectivity index (χ2v) is 5.98. The van der Waals surface area contributed by atoms with E-state index in [2.05, 4.69) is 5.32 Å². The summed E-state index contributed by atoms with van der Waals surface area (Å²) in [5.74, 6) is 1.35. The standard InChI is InChI=1S/C18H14ClNO4/c19-13-2-4-15-14(7-13)12(9-22-15)6-18(21)20-8-11-1-3-16-17(5-11)24-10-23-16/h1-5,7,9H,6,8,10H2,(H,20,21). The highest BCUT2D eigenvalue weighted by atomic mass is 35.5. The quantitative estimate of drug-likeness (QED) is 0.785. The van der Waals surface area contributed by atoms with Crippen LogP contribution in [0.5, 0.6) is 11.5 Å². The first kappa shape index (κ1) is 14.9. The molecule has 2 heterocycles. The molecule has 1 amide bonds. The maximum absolute atomic E-state index is 12.2. The van der Waals surface area contributed by atoms with Crippen molar-refractivity contribution in [2.45, 2.75) is 13.0 Å². The zero-order valence-corrected chi connectivity index (χ0v) is 13.4. The van der Waals surface area contributed by atoms with Gasteiger partial charge in [0.1, 0.15) is 5.58 Å². The fourth-order valence-electron chi connectivity index (χ4n) is 2.68. The Labute approximate surface area is 143 Å². The lowest BCUT2D eigenvalue weighted by atomic mass is 10.1. The third kappa shape index (κ3) is 2.90. The van der Waals surface area contributed by atoms with Crippen molar-refractivity contribution in [3.05, 3.63) is 58.8 Å². The molecule has 0 radical (unpaired) electrons. The van der Waals surface area contributed by atoms with Crippen LogP contribution in [0.3, 0.4) is 0 Å². The van der Waals surface area contributed by atoms with Crippen molar-refractivity contribution in [1.29, 1.82) is 0 Å². The fraction of sp³-hybridized carbons (Fsp3) is 0.167. The van der Waals surface area contributed by atoms with Gasteiger partial charge in [-0.2, -0.15) is 0 Å². The molecule has 6 heteroatoms. The summed E-state index contributed by atoms with van der Waals surface area (Å²) in [5.41, 5.74) is 2.49. The summed E-state index contributed by atoms with van der Waals surface area (Å²) in [4.78, 5) is 12.2. The molecule has 24 heavy (non-hydrogen) atoms. The Morgan fingerprint density at radius 3 is 2.92 bits per heavy atom. The van der Waals surface area contributed by atoms with Gasteiger partial charge in [0, 0.05) is 22.5 Å². The van der Waals surface area contributed by atoms with Crippen LogP contribution in [0.1, 0.15) is 11.1 Å². The van der Waals surface area contributed by atoms with Gasteiger partial charge in [0.25, 0.3) is 0 Å². The van der Waals surface area contributed by atoms with E-state index in [1.165, 1.54) is 0 Å². The van der Waals surface area contributed by atoms with E-state index >= 15 is 0 Å². The maximum atomic E-state index is 12.2. The van der Waals surface area contributed by atoms with Crippen molar-refractivity contribution >= 4 is 28.5 Å². The minimum atomic E-state index is -0.0876. The largest absolute Gasteiger partial charge is 0.464 e. The van der Waals surface area contributed by atoms with Crippen molar-refractivity contribution in [3.63, 3.8) is 0 Å². The molecule has 1 aliphatic rings. The number of rotatable bonds is 4. The van der Waals surface area contributed by atoms with E-state index in [0.29, 0.717) is 17.3 Å². The van der Waals surface area contributed by atoms with E-state index in [9.17, 15) is 4.79 Å². The summed E-state index contributed by atoms with van der Waals surface area (Å²) >= 11 is 6.01. The van der Waals surface area contributed by atoms with Crippen molar-refractivity contribution in [3.8, 4) is 11.5 Å². The highest BCUT2D eigenvalue weighted by Gasteiger charge is 2.14. The third-order valence-corrected chi connectivity index (χ3v) is 4.13. The smallest absolute Gasteiger partial charge is 0.231 e. The number of halogens is 1. The van der Waals surface area contributed by atoms with Gasteiger partial charge >= 0.3 is 0 Å². The molecule has 4 rings (SSSR count). The van der Waals surface area contributed by atoms with Crippen LogP contribution in [0.15, 0.2) is 47.1 Å². The van der Waals surface area contributed by atoms with Gasteiger partial charge < -0.3 is 19.2 Å². The Morgan fingerprint density at radius 1 is 1.12 bits per heavy atom. The Morgan fingerprint density at radius 2 is 2.00 bits per heavy atom. The number of carbonyl (C=O) groups is 1. The summed E-state index contributed by atoms with van der Waals surface area (Å²) in [6, 6.07) is 11.0. The third-order valence-electron chi connectivity index (χ3n) is 3.89. The first-order valence-corrected chi connectivity index (χ1v) is 7.88. The van der Waals surface area contributed by atoms with Crippen LogP contribution in [-0.4, -0.2) is 12.7 Å². The van der Waals surface area contributed by atoms with Crippen LogP contribution in [0, 0.1) is 0 Å². The molecule has 0 atom stereocenters. The van der Waals surface area contributed by atoms with Crippen LogP contribution in [-0.2, 0) is 17.8 Å². The maximum Gasteiger partial charge on any atom is 0.231 e. The minimum Gasteiger partial charge on any atom is -0.464 e. The van der Waals surface area contributed by atoms with Gasteiger partial charge in [0.15, 0.2) is 11.5 Å². The SMILES string of the molecule is O=C(Cc1coc2ccc(Cl)cc12)NCc1ccc2c(c1)OCO2. The van der Waals surface area contributed by atoms with Crippen LogP contribution in [0.25, 0.3) is 11.0 Å². The number of fused-ring (bicyclic) bond motifs is 2. The zero-order valence-electron chi connectivity index (χ0n) is 12.7. The van der Waals surface area contributed by atoms with Crippen LogP contribution < -0.4 is 14.8 Å². The van der Waals surface area contributed by atoms with Gasteiger partial charge in [-0.25, -0.2) is 0 Å². The molecule has 2 aromatic carbocycles. The van der Waals surface area contributed by atoms with Gasteiger partial charge in [0.2, 0.25) is 12.7 Å². The summed E-state index contributed by atoms with van der Waals surface area (Å²) in [7, 11) is 0. The molecule has 1 aliphatic heterocycles. The minimum absolute atomic E-state index is 0.0876. The molecule has 1 N–H and O–H groups in total. The van der Waals surface area contributed by atoms with E-state index in [-0.39, 0.29) is 19.1 Å². The van der Waals surface area contributed by atoms with E-state index in [1.54, 1.807) is 24.5 Å². The molecule has 5 nitrogen and oxygen atoms in total. The average Bonchev–Trinajstić information content (AvgIpc) is 3.19. The van der Waals surface area contributed by atoms with Crippen molar-refractivity contribution in [2.24, 2.45) is 0 Å². The van der Waals surface area contributed by atoms with Crippen molar-refractivity contribution < 1.29 is 18.7 Å². The summed E-state index contributed by atoms with van der Waals surface area (Å²) in [5, 5.41) is 4.38. The molecule has 0 saturated heterocycles. The van der Waals surface area contributed by atoms with E-state index in [4.69, 9.17) is 25.5 Å². The molecule has 0 unspecified atom stereocenters. The molecule has 3 aromatic rings. The van der Waals surface area contributed by atoms with E-state index in [0.717, 1.165) is 27.8 Å². The lowest BCUT2D eigenvalue weighted by Crippen LogP contribution is -2.24.